The molecule has 1 heterocycles. The van der Waals surface area contributed by atoms with E-state index in [2.05, 4.69) is 20.7 Å². The molecule has 4 rings (SSSR count). The summed E-state index contributed by atoms with van der Waals surface area (Å²) in [5, 5.41) is 8.57. The van der Waals surface area contributed by atoms with Gasteiger partial charge in [-0.2, -0.15) is 0 Å². The van der Waals surface area contributed by atoms with E-state index in [1.54, 1.807) is 48.5 Å². The van der Waals surface area contributed by atoms with Gasteiger partial charge in [0.1, 0.15) is 5.82 Å². The number of amides is 2. The van der Waals surface area contributed by atoms with E-state index >= 15 is 0 Å². The number of carbonyl (C=O) groups excluding carboxylic acids is 2. The molecular weight excluding hydrogens is 537 g/mol. The Bertz CT molecular complexity index is 1550. The number of ether oxygens (including phenoxy) is 1. The molecule has 1 aliphatic rings. The molecule has 10 nitrogen and oxygen atoms in total. The molecule has 0 bridgehead atoms. The Kier molecular flexibility index (Phi) is 8.40. The Hall–Kier alpha value is -4.42. The summed E-state index contributed by atoms with van der Waals surface area (Å²) in [4.78, 5) is 26.6. The predicted molar refractivity (Wildman–Crippen MR) is 155 cm³/mol. The average molecular weight is 568 g/mol. The number of anilines is 4. The van der Waals surface area contributed by atoms with Gasteiger partial charge in [-0.1, -0.05) is 12.1 Å². The Balaban J connectivity index is 1.73. The molecule has 0 saturated heterocycles. The maximum Gasteiger partial charge on any atom is 0.411 e. The van der Waals surface area contributed by atoms with Crippen LogP contribution in [-0.4, -0.2) is 65.9 Å². The second-order valence-corrected chi connectivity index (χ2v) is 11.3. The van der Waals surface area contributed by atoms with Crippen LogP contribution in [0.15, 0.2) is 66.7 Å². The minimum atomic E-state index is -3.51. The highest BCUT2D eigenvalue weighted by Gasteiger charge is 2.29. The van der Waals surface area contributed by atoms with Crippen molar-refractivity contribution in [2.24, 2.45) is 0 Å². The first kappa shape index (κ1) is 28.6. The van der Waals surface area contributed by atoms with E-state index in [1.807, 2.05) is 19.0 Å². The first-order chi connectivity index (χ1) is 19.0. The lowest BCUT2D eigenvalue weighted by Crippen LogP contribution is -2.35. The Labute approximate surface area is 232 Å². The van der Waals surface area contributed by atoms with Crippen LogP contribution in [0.5, 0.6) is 0 Å². The first-order valence-corrected chi connectivity index (χ1v) is 14.1. The third kappa shape index (κ3) is 6.58. The van der Waals surface area contributed by atoms with Gasteiger partial charge in [0, 0.05) is 30.0 Å². The number of likely N-dealkylation sites (N-methyl/N-ethyl adjacent to an activating group) is 1. The molecule has 0 saturated carbocycles. The zero-order chi connectivity index (χ0) is 29.0. The standard InChI is InChI=1S/C28H30FN5O5S/c1-33(2)15-16-34(40(4,37)38)22-12-10-20(11-13-22)30-26(18-5-8-21(9-6-18)31-28(36)39-3)25-23-14-7-19(29)17-24(23)32-27(25)35/h5-14,17,30H,15-16H2,1-4H3,(H,31,36)(H,32,35)/b26-25-. The van der Waals surface area contributed by atoms with Crippen molar-refractivity contribution in [3.05, 3.63) is 83.7 Å². The summed E-state index contributed by atoms with van der Waals surface area (Å²) < 4.78 is 44.7. The molecule has 3 aromatic rings. The van der Waals surface area contributed by atoms with Crippen molar-refractivity contribution in [3.8, 4) is 0 Å². The lowest BCUT2D eigenvalue weighted by Gasteiger charge is -2.24. The van der Waals surface area contributed by atoms with E-state index in [4.69, 9.17) is 0 Å². The van der Waals surface area contributed by atoms with Crippen LogP contribution in [-0.2, 0) is 19.6 Å². The van der Waals surface area contributed by atoms with E-state index in [0.717, 1.165) is 6.26 Å². The van der Waals surface area contributed by atoms with E-state index < -0.39 is 27.8 Å². The largest absolute Gasteiger partial charge is 0.453 e. The van der Waals surface area contributed by atoms with Gasteiger partial charge in [0.15, 0.2) is 0 Å². The molecule has 0 radical (unpaired) electrons. The minimum absolute atomic E-state index is 0.285. The van der Waals surface area contributed by atoms with Crippen molar-refractivity contribution in [2.45, 2.75) is 0 Å². The van der Waals surface area contributed by atoms with Crippen LogP contribution in [0.2, 0.25) is 0 Å². The normalized spacial score (nSPS) is 13.9. The smallest absolute Gasteiger partial charge is 0.411 e. The van der Waals surface area contributed by atoms with Gasteiger partial charge in [-0.3, -0.25) is 14.4 Å². The molecule has 0 fully saturated rings. The number of halogens is 1. The van der Waals surface area contributed by atoms with E-state index in [-0.39, 0.29) is 6.54 Å². The van der Waals surface area contributed by atoms with Gasteiger partial charge in [-0.05, 0) is 74.3 Å². The number of rotatable bonds is 9. The Morgan fingerprint density at radius 1 is 0.950 bits per heavy atom. The third-order valence-electron chi connectivity index (χ3n) is 6.16. The fourth-order valence-corrected chi connectivity index (χ4v) is 5.11. The van der Waals surface area contributed by atoms with Crippen LogP contribution in [0.1, 0.15) is 11.1 Å². The van der Waals surface area contributed by atoms with Crippen LogP contribution < -0.4 is 20.3 Å². The monoisotopic (exact) mass is 567 g/mol. The van der Waals surface area contributed by atoms with Crippen LogP contribution in [0, 0.1) is 5.82 Å². The molecule has 3 aromatic carbocycles. The quantitative estimate of drug-likeness (QED) is 0.331. The molecule has 0 aliphatic carbocycles. The predicted octanol–water partition coefficient (Wildman–Crippen LogP) is 4.26. The minimum Gasteiger partial charge on any atom is -0.453 e. The summed E-state index contributed by atoms with van der Waals surface area (Å²) in [6.45, 7) is 0.826. The van der Waals surface area contributed by atoms with Gasteiger partial charge in [-0.25, -0.2) is 17.6 Å². The second-order valence-electron chi connectivity index (χ2n) is 9.40. The van der Waals surface area contributed by atoms with Crippen molar-refractivity contribution >= 4 is 56.0 Å². The number of carbonyl (C=O) groups is 2. The van der Waals surface area contributed by atoms with Gasteiger partial charge in [0.2, 0.25) is 10.0 Å². The van der Waals surface area contributed by atoms with Gasteiger partial charge in [-0.15, -0.1) is 0 Å². The van der Waals surface area contributed by atoms with Gasteiger partial charge >= 0.3 is 6.09 Å². The van der Waals surface area contributed by atoms with Crippen LogP contribution in [0.4, 0.5) is 31.9 Å². The van der Waals surface area contributed by atoms with Gasteiger partial charge < -0.3 is 20.3 Å². The molecule has 3 N–H and O–H groups in total. The average Bonchev–Trinajstić information content (AvgIpc) is 3.22. The molecule has 210 valence electrons. The SMILES string of the molecule is COC(=O)Nc1ccc(/C(Nc2ccc(N(CCN(C)C)S(C)(=O)=O)cc2)=C2/C(=O)Nc3cc(F)ccc32)cc1. The number of benzene rings is 3. The Morgan fingerprint density at radius 2 is 1.57 bits per heavy atom. The second kappa shape index (κ2) is 11.8. The fraction of sp³-hybridized carbons (Fsp3) is 0.214. The fourth-order valence-electron chi connectivity index (χ4n) is 4.19. The van der Waals surface area contributed by atoms with Crippen LogP contribution in [0.3, 0.4) is 0 Å². The number of sulfonamides is 1. The number of nitrogens with zero attached hydrogens (tertiary/aromatic N) is 2. The summed E-state index contributed by atoms with van der Waals surface area (Å²) in [6.07, 6.45) is 0.541. The summed E-state index contributed by atoms with van der Waals surface area (Å²) in [5.41, 5.74) is 3.81. The maximum absolute atomic E-state index is 13.9. The molecular formula is C28H30FN5O5S. The Morgan fingerprint density at radius 3 is 2.17 bits per heavy atom. The highest BCUT2D eigenvalue weighted by molar-refractivity contribution is 7.92. The van der Waals surface area contributed by atoms with Gasteiger partial charge in [0.05, 0.1) is 36.0 Å². The van der Waals surface area contributed by atoms with Crippen molar-refractivity contribution in [1.82, 2.24) is 4.90 Å². The van der Waals surface area contributed by atoms with Crippen LogP contribution >= 0.6 is 0 Å². The highest BCUT2D eigenvalue weighted by atomic mass is 32.2. The molecule has 0 aromatic heterocycles. The number of nitrogens with one attached hydrogen (secondary N) is 3. The molecule has 1 aliphatic heterocycles. The number of methoxy groups -OCH3 is 1. The summed E-state index contributed by atoms with van der Waals surface area (Å²) in [6, 6.07) is 17.6. The molecule has 40 heavy (non-hydrogen) atoms. The number of fused-ring (bicyclic) bond motifs is 1. The van der Waals surface area contributed by atoms with E-state index in [9.17, 15) is 22.4 Å². The lowest BCUT2D eigenvalue weighted by molar-refractivity contribution is -0.110. The molecule has 0 spiro atoms. The topological polar surface area (TPSA) is 120 Å². The van der Waals surface area contributed by atoms with Crippen LogP contribution in [0.25, 0.3) is 11.3 Å². The van der Waals surface area contributed by atoms with Crippen molar-refractivity contribution < 1.29 is 27.1 Å². The number of hydrogen-bond donors (Lipinski definition) is 3. The number of hydrogen-bond acceptors (Lipinski definition) is 7. The van der Waals surface area contributed by atoms with E-state index in [1.165, 1.54) is 29.6 Å². The highest BCUT2D eigenvalue weighted by Crippen LogP contribution is 2.38. The zero-order valence-electron chi connectivity index (χ0n) is 22.5. The zero-order valence-corrected chi connectivity index (χ0v) is 23.3. The molecule has 0 atom stereocenters. The lowest BCUT2D eigenvalue weighted by atomic mass is 9.99. The van der Waals surface area contributed by atoms with Gasteiger partial charge in [0.25, 0.3) is 5.91 Å². The molecule has 0 unspecified atom stereocenters. The van der Waals surface area contributed by atoms with Crippen molar-refractivity contribution in [3.63, 3.8) is 0 Å². The maximum atomic E-state index is 13.9. The summed E-state index contributed by atoms with van der Waals surface area (Å²) in [5.74, 6) is -0.892. The third-order valence-corrected chi connectivity index (χ3v) is 7.35. The van der Waals surface area contributed by atoms with Crippen molar-refractivity contribution in [2.75, 3.05) is 60.8 Å². The summed E-state index contributed by atoms with van der Waals surface area (Å²) in [7, 11) is 1.49. The molecule has 12 heteroatoms. The first-order valence-electron chi connectivity index (χ1n) is 12.3. The van der Waals surface area contributed by atoms with Crippen molar-refractivity contribution in [1.29, 1.82) is 0 Å². The van der Waals surface area contributed by atoms with E-state index in [0.29, 0.717) is 51.7 Å². The summed E-state index contributed by atoms with van der Waals surface area (Å²) >= 11 is 0. The molecule has 2 amide bonds.